The molecule has 6 heterocycles. The predicted octanol–water partition coefficient (Wildman–Crippen LogP) is 9.92. The second kappa shape index (κ2) is 16.1. The lowest BCUT2D eigenvalue weighted by Crippen LogP contribution is -2.32. The molecule has 0 saturated carbocycles. The third-order valence-electron chi connectivity index (χ3n) is 12.2. The van der Waals surface area contributed by atoms with E-state index in [4.69, 9.17) is 15.0 Å². The molecule has 9 rings (SSSR count). The number of aromatic nitrogens is 6. The summed E-state index contributed by atoms with van der Waals surface area (Å²) in [6.45, 7) is 7.00. The van der Waals surface area contributed by atoms with Crippen LogP contribution in [0.5, 0.6) is 0 Å². The summed E-state index contributed by atoms with van der Waals surface area (Å²) in [4.78, 5) is 31.8. The summed E-state index contributed by atoms with van der Waals surface area (Å²) in [5.41, 5.74) is 8.93. The fourth-order valence-electron chi connectivity index (χ4n) is 8.93. The van der Waals surface area contributed by atoms with E-state index >= 15 is 4.39 Å². The van der Waals surface area contributed by atoms with Gasteiger partial charge in [0.2, 0.25) is 0 Å². The van der Waals surface area contributed by atoms with Crippen molar-refractivity contribution in [2.24, 2.45) is 5.92 Å². The highest BCUT2D eigenvalue weighted by atomic mass is 19.1. The van der Waals surface area contributed by atoms with Crippen molar-refractivity contribution in [3.8, 4) is 33.8 Å². The summed E-state index contributed by atoms with van der Waals surface area (Å²) in [5, 5.41) is 0. The van der Waals surface area contributed by atoms with Gasteiger partial charge in [0.15, 0.2) is 0 Å². The zero-order chi connectivity index (χ0) is 38.9. The molecule has 0 radical (unpaired) electrons. The van der Waals surface area contributed by atoms with E-state index in [1.807, 2.05) is 30.3 Å². The van der Waals surface area contributed by atoms with Crippen LogP contribution in [-0.4, -0.2) is 72.9 Å². The number of likely N-dealkylation sites (tertiary alicyclic amines) is 2. The number of nitrogens with one attached hydrogen (secondary N) is 2. The molecule has 6 aromatic rings. The van der Waals surface area contributed by atoms with E-state index in [9.17, 15) is 4.39 Å². The fourth-order valence-corrected chi connectivity index (χ4v) is 8.93. The Morgan fingerprint density at radius 1 is 0.684 bits per heavy atom. The van der Waals surface area contributed by atoms with E-state index in [0.717, 1.165) is 115 Å². The van der Waals surface area contributed by atoms with Crippen molar-refractivity contribution in [1.82, 2.24) is 39.7 Å². The number of imidazole rings is 2. The molecule has 2 atom stereocenters. The van der Waals surface area contributed by atoms with Gasteiger partial charge >= 0.3 is 0 Å². The van der Waals surface area contributed by atoms with Crippen LogP contribution in [0, 0.1) is 11.7 Å². The Kier molecular flexibility index (Phi) is 10.5. The largest absolute Gasteiger partial charge is 0.341 e. The fraction of sp³-hybridized carbons (Fsp3) is 0.319. The second-order valence-electron chi connectivity index (χ2n) is 16.0. The molecule has 8 nitrogen and oxygen atoms in total. The minimum absolute atomic E-state index is 0.240. The van der Waals surface area contributed by atoms with Crippen molar-refractivity contribution in [2.75, 3.05) is 33.2 Å². The lowest BCUT2D eigenvalue weighted by atomic mass is 9.78. The standard InChI is InChI=1S/C47H48F2N8/c1-30-38(45-43(33-14-21-50-22-15-33)53-47(55-45)34-17-24-56(2)25-18-34)12-13-39(49)41(30)40-28-36(16-23-51-40)44-42(32-8-10-37(48)11-9-32)52-46(54-44)35-19-26-57(27-20-35)29-31-6-4-3-5-7-31/h3-16,21-23,28,30,34-35,41H,17-20,24-27,29H2,1-2H3,(H,52,54)(H,53,55). The van der Waals surface area contributed by atoms with Crippen molar-refractivity contribution >= 4 is 5.57 Å². The first-order valence-corrected chi connectivity index (χ1v) is 20.2. The summed E-state index contributed by atoms with van der Waals surface area (Å²) in [5.74, 6) is 1.06. The van der Waals surface area contributed by atoms with Crippen LogP contribution >= 0.6 is 0 Å². The molecule has 290 valence electrons. The van der Waals surface area contributed by atoms with Gasteiger partial charge in [0.1, 0.15) is 23.3 Å². The number of aromatic amines is 2. The van der Waals surface area contributed by atoms with Gasteiger partial charge in [0, 0.05) is 53.7 Å². The van der Waals surface area contributed by atoms with E-state index in [-0.39, 0.29) is 23.5 Å². The van der Waals surface area contributed by atoms with Crippen LogP contribution in [0.3, 0.4) is 0 Å². The Balaban J connectivity index is 1.03. The molecule has 0 bridgehead atoms. The first-order valence-electron chi connectivity index (χ1n) is 20.2. The van der Waals surface area contributed by atoms with Crippen molar-refractivity contribution in [3.63, 3.8) is 0 Å². The summed E-state index contributed by atoms with van der Waals surface area (Å²) in [6, 6.07) is 25.0. The molecular formula is C47H48F2N8. The molecule has 2 N–H and O–H groups in total. The Morgan fingerprint density at radius 3 is 2.00 bits per heavy atom. The molecule has 2 aromatic carbocycles. The molecule has 3 aliphatic rings. The van der Waals surface area contributed by atoms with Crippen LogP contribution in [0.4, 0.5) is 8.78 Å². The smallest absolute Gasteiger partial charge is 0.123 e. The molecule has 0 spiro atoms. The topological polar surface area (TPSA) is 89.6 Å². The molecule has 57 heavy (non-hydrogen) atoms. The van der Waals surface area contributed by atoms with Gasteiger partial charge in [0.25, 0.3) is 0 Å². The van der Waals surface area contributed by atoms with Crippen molar-refractivity contribution in [1.29, 1.82) is 0 Å². The van der Waals surface area contributed by atoms with Crippen LogP contribution in [0.15, 0.2) is 115 Å². The SMILES string of the molecule is CC1C(c2nc(C3CCN(C)CC3)[nH]c2-c2ccncc2)=CC=C(F)C1c1cc(-c2nc(C3CCN(Cc4ccccc4)CC3)[nH]c2-c2ccc(F)cc2)ccn1. The molecule has 2 saturated heterocycles. The van der Waals surface area contributed by atoms with Crippen molar-refractivity contribution < 1.29 is 8.78 Å². The van der Waals surface area contributed by atoms with E-state index in [1.54, 1.807) is 36.8 Å². The van der Waals surface area contributed by atoms with Crippen LogP contribution in [0.1, 0.15) is 79.0 Å². The Labute approximate surface area is 332 Å². The van der Waals surface area contributed by atoms with E-state index in [1.165, 1.54) is 17.7 Å². The zero-order valence-corrected chi connectivity index (χ0v) is 32.5. The predicted molar refractivity (Wildman–Crippen MR) is 221 cm³/mol. The molecular weight excluding hydrogens is 715 g/mol. The molecule has 2 unspecified atom stereocenters. The lowest BCUT2D eigenvalue weighted by molar-refractivity contribution is 0.202. The number of nitrogens with zero attached hydrogens (tertiary/aromatic N) is 6. The number of hydrogen-bond donors (Lipinski definition) is 2. The molecule has 2 aliphatic heterocycles. The molecule has 2 fully saturated rings. The maximum atomic E-state index is 16.2. The minimum Gasteiger partial charge on any atom is -0.341 e. The third kappa shape index (κ3) is 7.76. The summed E-state index contributed by atoms with van der Waals surface area (Å²) >= 11 is 0. The average Bonchev–Trinajstić information content (AvgIpc) is 3.89. The Bertz CT molecular complexity index is 2370. The highest BCUT2D eigenvalue weighted by molar-refractivity contribution is 5.81. The maximum Gasteiger partial charge on any atom is 0.123 e. The monoisotopic (exact) mass is 762 g/mol. The highest BCUT2D eigenvalue weighted by Crippen LogP contribution is 2.46. The number of hydrogen-bond acceptors (Lipinski definition) is 6. The van der Waals surface area contributed by atoms with E-state index in [2.05, 4.69) is 69.1 Å². The van der Waals surface area contributed by atoms with Gasteiger partial charge in [-0.2, -0.15) is 0 Å². The van der Waals surface area contributed by atoms with Crippen LogP contribution < -0.4 is 0 Å². The Morgan fingerprint density at radius 2 is 1.30 bits per heavy atom. The Hall–Kier alpha value is -5.58. The van der Waals surface area contributed by atoms with E-state index < -0.39 is 5.92 Å². The summed E-state index contributed by atoms with van der Waals surface area (Å²) < 4.78 is 30.4. The number of H-pyrrole nitrogens is 2. The third-order valence-corrected chi connectivity index (χ3v) is 12.2. The maximum absolute atomic E-state index is 16.2. The van der Waals surface area contributed by atoms with Gasteiger partial charge in [0.05, 0.1) is 34.4 Å². The molecule has 10 heteroatoms. The van der Waals surface area contributed by atoms with Crippen LogP contribution in [0.25, 0.3) is 39.3 Å². The first-order chi connectivity index (χ1) is 27.9. The number of benzene rings is 2. The van der Waals surface area contributed by atoms with Gasteiger partial charge in [-0.05, 0) is 131 Å². The minimum atomic E-state index is -0.625. The first kappa shape index (κ1) is 37.0. The highest BCUT2D eigenvalue weighted by Gasteiger charge is 2.35. The van der Waals surface area contributed by atoms with Crippen LogP contribution in [0.2, 0.25) is 0 Å². The molecule has 0 amide bonds. The average molecular weight is 763 g/mol. The second-order valence-corrected chi connectivity index (χ2v) is 16.0. The van der Waals surface area contributed by atoms with Gasteiger partial charge in [-0.15, -0.1) is 0 Å². The summed E-state index contributed by atoms with van der Waals surface area (Å²) in [6.07, 6.45) is 12.8. The zero-order valence-electron chi connectivity index (χ0n) is 32.5. The lowest BCUT2D eigenvalue weighted by Gasteiger charge is -2.31. The quantitative estimate of drug-likeness (QED) is 0.153. The number of halogens is 2. The van der Waals surface area contributed by atoms with E-state index in [0.29, 0.717) is 11.6 Å². The van der Waals surface area contributed by atoms with Crippen LogP contribution in [-0.2, 0) is 6.54 Å². The van der Waals surface area contributed by atoms with Crippen molar-refractivity contribution in [3.05, 3.63) is 150 Å². The van der Waals surface area contributed by atoms with Crippen molar-refractivity contribution in [2.45, 2.75) is 56.9 Å². The van der Waals surface area contributed by atoms with Gasteiger partial charge in [-0.25, -0.2) is 18.7 Å². The number of allylic oxidation sites excluding steroid dienone is 4. The normalized spacial score (nSPS) is 20.1. The van der Waals surface area contributed by atoms with Gasteiger partial charge in [-0.1, -0.05) is 43.3 Å². The number of rotatable bonds is 9. The number of piperidine rings is 2. The van der Waals surface area contributed by atoms with Gasteiger partial charge in [-0.3, -0.25) is 14.9 Å². The van der Waals surface area contributed by atoms with Gasteiger partial charge < -0.3 is 14.9 Å². The molecule has 1 aliphatic carbocycles. The molecule has 4 aromatic heterocycles. The number of pyridine rings is 2. The summed E-state index contributed by atoms with van der Waals surface area (Å²) in [7, 11) is 2.16.